The van der Waals surface area contributed by atoms with E-state index in [2.05, 4.69) is 6.07 Å². The molecule has 0 aromatic heterocycles. The number of nitrogens with one attached hydrogen (secondary N) is 1. The van der Waals surface area contributed by atoms with Crippen molar-refractivity contribution in [3.8, 4) is 6.07 Å². The van der Waals surface area contributed by atoms with E-state index in [0.29, 0.717) is 17.8 Å². The highest BCUT2D eigenvalue weighted by Gasteiger charge is 2.58. The van der Waals surface area contributed by atoms with E-state index in [0.717, 1.165) is 24.8 Å². The number of nitriles is 1. The zero-order chi connectivity index (χ0) is 18.8. The van der Waals surface area contributed by atoms with Crippen molar-refractivity contribution in [1.29, 1.82) is 10.7 Å². The van der Waals surface area contributed by atoms with E-state index in [-0.39, 0.29) is 33.2 Å². The van der Waals surface area contributed by atoms with Gasteiger partial charge in [-0.1, -0.05) is 23.9 Å². The lowest BCUT2D eigenvalue weighted by Crippen LogP contribution is -2.52. The van der Waals surface area contributed by atoms with Gasteiger partial charge in [-0.05, 0) is 74.0 Å². The molecule has 1 N–H and O–H groups in total. The first-order valence-electron chi connectivity index (χ1n) is 9.93. The predicted octanol–water partition coefficient (Wildman–Crippen LogP) is 4.93. The fourth-order valence-corrected chi connectivity index (χ4v) is 8.18. The first-order valence-corrected chi connectivity index (χ1v) is 10.8. The number of hydrogen-bond acceptors (Lipinski definition) is 4. The van der Waals surface area contributed by atoms with Crippen LogP contribution < -0.4 is 0 Å². The molecule has 6 rings (SSSR count). The Labute approximate surface area is 163 Å². The minimum Gasteiger partial charge on any atom is -0.298 e. The van der Waals surface area contributed by atoms with Crippen LogP contribution in [0.5, 0.6) is 0 Å². The fourth-order valence-electron chi connectivity index (χ4n) is 6.74. The molecule has 4 saturated carbocycles. The molecule has 4 aliphatic carbocycles. The van der Waals surface area contributed by atoms with Crippen LogP contribution in [0.1, 0.15) is 50.0 Å². The molecule has 1 aliphatic heterocycles. The van der Waals surface area contributed by atoms with E-state index < -0.39 is 5.92 Å². The second-order valence-electron chi connectivity index (χ2n) is 9.15. The maximum Gasteiger partial charge on any atom is 0.153 e. The highest BCUT2D eigenvalue weighted by molar-refractivity contribution is 8.15. The van der Waals surface area contributed by atoms with Gasteiger partial charge in [0.25, 0.3) is 0 Å². The van der Waals surface area contributed by atoms with Crippen molar-refractivity contribution in [3.63, 3.8) is 0 Å². The van der Waals surface area contributed by atoms with E-state index in [1.807, 2.05) is 0 Å². The summed E-state index contributed by atoms with van der Waals surface area (Å²) in [5.74, 6) is 1.04. The molecule has 0 amide bonds. The summed E-state index contributed by atoms with van der Waals surface area (Å²) in [5.41, 5.74) is 0.566. The fraction of sp³-hybridized carbons (Fsp3) is 0.591. The average Bonchev–Trinajstić information content (AvgIpc) is 2.96. The number of benzene rings is 1. The van der Waals surface area contributed by atoms with Crippen LogP contribution in [0, 0.1) is 51.6 Å². The minimum absolute atomic E-state index is 0.241. The number of thioether (sulfide) groups is 1. The van der Waals surface area contributed by atoms with Crippen LogP contribution >= 0.6 is 11.8 Å². The standard InChI is InChI=1S/C22H23FN2OS/c23-16-3-1-15(2-4-16)18-17(11-24)21(25)27-19(18)20(26)22-8-12-5-13(9-22)7-14(6-12)10-22/h1-4,12-14,17-19,25H,5-10H2/t12?,13?,14?,17?,18-,19-,22?/m0/s1. The second-order valence-corrected chi connectivity index (χ2v) is 10.3. The highest BCUT2D eigenvalue weighted by Crippen LogP contribution is 2.62. The third kappa shape index (κ3) is 2.68. The van der Waals surface area contributed by atoms with E-state index >= 15 is 0 Å². The molecule has 3 atom stereocenters. The summed E-state index contributed by atoms with van der Waals surface area (Å²) in [7, 11) is 0. The Morgan fingerprint density at radius 1 is 1.11 bits per heavy atom. The molecular formula is C22H23FN2OS. The number of carbonyl (C=O) groups excluding carboxylic acids is 1. The Kier molecular flexibility index (Phi) is 3.98. The van der Waals surface area contributed by atoms with Gasteiger partial charge in [0.05, 0.1) is 16.4 Å². The molecule has 27 heavy (non-hydrogen) atoms. The van der Waals surface area contributed by atoms with Gasteiger partial charge >= 0.3 is 0 Å². The third-order valence-corrected chi connectivity index (χ3v) is 8.70. The van der Waals surface area contributed by atoms with Crippen LogP contribution in [0.25, 0.3) is 0 Å². The van der Waals surface area contributed by atoms with Gasteiger partial charge in [-0.3, -0.25) is 10.2 Å². The number of Topliss-reactive ketones (excluding diaryl/α,β-unsaturated/α-hetero) is 1. The molecular weight excluding hydrogens is 359 g/mol. The van der Waals surface area contributed by atoms with Gasteiger partial charge in [-0.15, -0.1) is 0 Å². The molecule has 0 spiro atoms. The summed E-state index contributed by atoms with van der Waals surface area (Å²) < 4.78 is 13.4. The molecule has 5 aliphatic rings. The van der Waals surface area contributed by atoms with Gasteiger partial charge in [0.2, 0.25) is 0 Å². The topological polar surface area (TPSA) is 64.7 Å². The largest absolute Gasteiger partial charge is 0.298 e. The van der Waals surface area contributed by atoms with E-state index in [1.165, 1.54) is 43.2 Å². The molecule has 3 nitrogen and oxygen atoms in total. The van der Waals surface area contributed by atoms with Crippen molar-refractivity contribution in [2.45, 2.75) is 49.7 Å². The molecule has 4 bridgehead atoms. The van der Waals surface area contributed by atoms with Crippen LogP contribution in [0.3, 0.4) is 0 Å². The van der Waals surface area contributed by atoms with Gasteiger partial charge in [0, 0.05) is 11.3 Å². The van der Waals surface area contributed by atoms with Crippen molar-refractivity contribution in [1.82, 2.24) is 0 Å². The van der Waals surface area contributed by atoms with E-state index in [1.54, 1.807) is 12.1 Å². The minimum atomic E-state index is -0.608. The lowest BCUT2D eigenvalue weighted by Gasteiger charge is -2.56. The molecule has 1 heterocycles. The van der Waals surface area contributed by atoms with Crippen molar-refractivity contribution in [3.05, 3.63) is 35.6 Å². The predicted molar refractivity (Wildman–Crippen MR) is 103 cm³/mol. The molecule has 5 fully saturated rings. The van der Waals surface area contributed by atoms with Crippen LogP contribution in [0.15, 0.2) is 24.3 Å². The Balaban J connectivity index is 1.51. The Morgan fingerprint density at radius 2 is 1.67 bits per heavy atom. The first-order chi connectivity index (χ1) is 13.0. The number of halogens is 1. The number of hydrogen-bond donors (Lipinski definition) is 1. The SMILES string of the molecule is N#CC1C(=N)S[C@H](C(=O)C23CC4CC(CC(C4)C2)C3)[C@H]1c1ccc(F)cc1. The zero-order valence-corrected chi connectivity index (χ0v) is 16.0. The van der Waals surface area contributed by atoms with Gasteiger partial charge in [-0.2, -0.15) is 5.26 Å². The molecule has 1 unspecified atom stereocenters. The molecule has 5 heteroatoms. The summed E-state index contributed by atoms with van der Waals surface area (Å²) in [5, 5.41) is 17.9. The van der Waals surface area contributed by atoms with Crippen LogP contribution in [0.2, 0.25) is 0 Å². The summed E-state index contributed by atoms with van der Waals surface area (Å²) in [6.07, 6.45) is 6.83. The number of rotatable bonds is 3. The second kappa shape index (κ2) is 6.17. The monoisotopic (exact) mass is 382 g/mol. The summed E-state index contributed by atoms with van der Waals surface area (Å²) in [6.45, 7) is 0. The quantitative estimate of drug-likeness (QED) is 0.806. The summed E-state index contributed by atoms with van der Waals surface area (Å²) in [6, 6.07) is 8.40. The van der Waals surface area contributed by atoms with Gasteiger partial charge in [-0.25, -0.2) is 4.39 Å². The molecule has 1 aromatic rings. The molecule has 140 valence electrons. The van der Waals surface area contributed by atoms with Gasteiger partial charge < -0.3 is 0 Å². The first kappa shape index (κ1) is 17.4. The number of carbonyl (C=O) groups is 1. The van der Waals surface area contributed by atoms with Crippen molar-refractivity contribution >= 4 is 22.6 Å². The van der Waals surface area contributed by atoms with Crippen molar-refractivity contribution < 1.29 is 9.18 Å². The zero-order valence-electron chi connectivity index (χ0n) is 15.2. The van der Waals surface area contributed by atoms with E-state index in [4.69, 9.17) is 5.41 Å². The summed E-state index contributed by atoms with van der Waals surface area (Å²) in [4.78, 5) is 13.9. The molecule has 1 saturated heterocycles. The van der Waals surface area contributed by atoms with Crippen LogP contribution in [-0.4, -0.2) is 16.1 Å². The summed E-state index contributed by atoms with van der Waals surface area (Å²) >= 11 is 1.28. The Hall–Kier alpha value is -1.67. The van der Waals surface area contributed by atoms with E-state index in [9.17, 15) is 14.4 Å². The maximum atomic E-state index is 13.9. The lowest BCUT2D eigenvalue weighted by molar-refractivity contribution is -0.143. The van der Waals surface area contributed by atoms with Crippen LogP contribution in [-0.2, 0) is 4.79 Å². The van der Waals surface area contributed by atoms with Crippen molar-refractivity contribution in [2.75, 3.05) is 0 Å². The Morgan fingerprint density at radius 3 is 2.19 bits per heavy atom. The van der Waals surface area contributed by atoms with Gasteiger partial charge in [0.1, 0.15) is 11.7 Å². The number of nitrogens with zero attached hydrogens (tertiary/aromatic N) is 1. The lowest BCUT2D eigenvalue weighted by atomic mass is 9.48. The molecule has 0 radical (unpaired) electrons. The van der Waals surface area contributed by atoms with Crippen molar-refractivity contribution in [2.24, 2.45) is 29.1 Å². The normalized spacial score (nSPS) is 42.3. The maximum absolute atomic E-state index is 13.9. The smallest absolute Gasteiger partial charge is 0.153 e. The Bertz CT molecular complexity index is 808. The average molecular weight is 383 g/mol. The molecule has 1 aromatic carbocycles. The number of ketones is 1. The van der Waals surface area contributed by atoms with Crippen LogP contribution in [0.4, 0.5) is 4.39 Å². The third-order valence-electron chi connectivity index (χ3n) is 7.44. The van der Waals surface area contributed by atoms with Gasteiger partial charge in [0.15, 0.2) is 5.78 Å². The highest BCUT2D eigenvalue weighted by atomic mass is 32.2.